The Kier molecular flexibility index (Phi) is 7.10. The summed E-state index contributed by atoms with van der Waals surface area (Å²) >= 11 is 4.27. The van der Waals surface area contributed by atoms with Gasteiger partial charge in [-0.15, -0.1) is 0 Å². The number of para-hydroxylation sites is 1. The Balaban J connectivity index is 2.04. The Bertz CT molecular complexity index is 260. The molecule has 0 aliphatic heterocycles. The Labute approximate surface area is 103 Å². The van der Waals surface area contributed by atoms with E-state index in [0.717, 1.165) is 24.5 Å². The summed E-state index contributed by atoms with van der Waals surface area (Å²) < 4.78 is 11.0. The van der Waals surface area contributed by atoms with Gasteiger partial charge in [-0.25, -0.2) is 0 Å². The van der Waals surface area contributed by atoms with Gasteiger partial charge in [-0.3, -0.25) is 0 Å². The highest BCUT2D eigenvalue weighted by Crippen LogP contribution is 2.08. The Morgan fingerprint density at radius 2 is 1.94 bits per heavy atom. The number of hydrogen-bond donors (Lipinski definition) is 1. The lowest BCUT2D eigenvalue weighted by atomic mass is 10.1. The second kappa shape index (κ2) is 8.48. The van der Waals surface area contributed by atoms with Gasteiger partial charge in [-0.1, -0.05) is 31.5 Å². The topological polar surface area (TPSA) is 18.5 Å². The van der Waals surface area contributed by atoms with Gasteiger partial charge in [0.05, 0.1) is 13.2 Å². The van der Waals surface area contributed by atoms with Crippen LogP contribution < -0.4 is 4.74 Å². The second-order valence-corrected chi connectivity index (χ2v) is 4.06. The highest BCUT2D eigenvalue weighted by molar-refractivity contribution is 7.80. The normalized spacial score (nSPS) is 12.4. The third-order valence-corrected chi connectivity index (χ3v) is 2.95. The first kappa shape index (κ1) is 13.4. The number of rotatable bonds is 8. The van der Waals surface area contributed by atoms with Crippen molar-refractivity contribution in [1.29, 1.82) is 0 Å². The Hall–Kier alpha value is -0.670. The smallest absolute Gasteiger partial charge is 0.119 e. The standard InChI is InChI=1S/C13H20O2S/c1-2-12(11-16)10-14-8-9-15-13-6-4-3-5-7-13/h3-7,12,16H,2,8-11H2,1H3. The average molecular weight is 240 g/mol. The molecule has 0 saturated heterocycles. The monoisotopic (exact) mass is 240 g/mol. The summed E-state index contributed by atoms with van der Waals surface area (Å²) in [6.45, 7) is 4.18. The van der Waals surface area contributed by atoms with Crippen molar-refractivity contribution in [2.24, 2.45) is 5.92 Å². The van der Waals surface area contributed by atoms with E-state index in [9.17, 15) is 0 Å². The summed E-state index contributed by atoms with van der Waals surface area (Å²) in [7, 11) is 0. The van der Waals surface area contributed by atoms with E-state index in [-0.39, 0.29) is 0 Å². The molecule has 0 heterocycles. The average Bonchev–Trinajstić information content (AvgIpc) is 2.35. The summed E-state index contributed by atoms with van der Waals surface area (Å²) in [4.78, 5) is 0. The van der Waals surface area contributed by atoms with Crippen molar-refractivity contribution in [3.8, 4) is 5.75 Å². The first-order valence-corrected chi connectivity index (χ1v) is 6.36. The van der Waals surface area contributed by atoms with Gasteiger partial charge in [0.25, 0.3) is 0 Å². The van der Waals surface area contributed by atoms with E-state index in [4.69, 9.17) is 9.47 Å². The van der Waals surface area contributed by atoms with Gasteiger partial charge >= 0.3 is 0 Å². The summed E-state index contributed by atoms with van der Waals surface area (Å²) in [5, 5.41) is 0. The minimum Gasteiger partial charge on any atom is -0.491 e. The SMILES string of the molecule is CCC(CS)COCCOc1ccccc1. The zero-order chi connectivity index (χ0) is 11.6. The van der Waals surface area contributed by atoms with Gasteiger partial charge < -0.3 is 9.47 Å². The van der Waals surface area contributed by atoms with Crippen LogP contribution in [0.3, 0.4) is 0 Å². The van der Waals surface area contributed by atoms with E-state index in [1.807, 2.05) is 30.3 Å². The molecule has 0 amide bonds. The molecule has 0 spiro atoms. The van der Waals surface area contributed by atoms with Crippen molar-refractivity contribution in [3.63, 3.8) is 0 Å². The summed E-state index contributed by atoms with van der Waals surface area (Å²) in [5.41, 5.74) is 0. The molecule has 0 aliphatic carbocycles. The molecule has 0 fully saturated rings. The van der Waals surface area contributed by atoms with Gasteiger partial charge in [0.15, 0.2) is 0 Å². The first-order valence-electron chi connectivity index (χ1n) is 5.73. The molecular formula is C13H20O2S. The lowest BCUT2D eigenvalue weighted by Crippen LogP contribution is -2.14. The van der Waals surface area contributed by atoms with Crippen LogP contribution in [0.4, 0.5) is 0 Å². The molecule has 2 nitrogen and oxygen atoms in total. The van der Waals surface area contributed by atoms with Crippen molar-refractivity contribution in [2.45, 2.75) is 13.3 Å². The number of benzene rings is 1. The fraction of sp³-hybridized carbons (Fsp3) is 0.538. The Morgan fingerprint density at radius 3 is 2.56 bits per heavy atom. The molecule has 0 bridgehead atoms. The van der Waals surface area contributed by atoms with Crippen LogP contribution >= 0.6 is 12.6 Å². The predicted molar refractivity (Wildman–Crippen MR) is 70.4 cm³/mol. The van der Waals surface area contributed by atoms with E-state index < -0.39 is 0 Å². The zero-order valence-corrected chi connectivity index (χ0v) is 10.7. The summed E-state index contributed by atoms with van der Waals surface area (Å²) in [6.07, 6.45) is 1.11. The molecule has 16 heavy (non-hydrogen) atoms. The third kappa shape index (κ3) is 5.42. The van der Waals surface area contributed by atoms with E-state index in [1.54, 1.807) is 0 Å². The number of ether oxygens (including phenoxy) is 2. The van der Waals surface area contributed by atoms with E-state index >= 15 is 0 Å². The van der Waals surface area contributed by atoms with Crippen LogP contribution in [0.25, 0.3) is 0 Å². The van der Waals surface area contributed by atoms with Crippen LogP contribution in [0, 0.1) is 5.92 Å². The van der Waals surface area contributed by atoms with E-state index in [1.165, 1.54) is 0 Å². The molecule has 1 unspecified atom stereocenters. The van der Waals surface area contributed by atoms with Crippen LogP contribution in [0.5, 0.6) is 5.75 Å². The van der Waals surface area contributed by atoms with Crippen LogP contribution in [-0.4, -0.2) is 25.6 Å². The molecule has 0 N–H and O–H groups in total. The number of hydrogen-bond acceptors (Lipinski definition) is 3. The lowest BCUT2D eigenvalue weighted by Gasteiger charge is -2.12. The van der Waals surface area contributed by atoms with Crippen molar-refractivity contribution in [3.05, 3.63) is 30.3 Å². The largest absolute Gasteiger partial charge is 0.491 e. The molecule has 1 aromatic carbocycles. The molecule has 3 heteroatoms. The third-order valence-electron chi connectivity index (χ3n) is 2.43. The summed E-state index contributed by atoms with van der Waals surface area (Å²) in [5.74, 6) is 2.34. The van der Waals surface area contributed by atoms with Crippen LogP contribution in [0.2, 0.25) is 0 Å². The van der Waals surface area contributed by atoms with Crippen LogP contribution in [0.1, 0.15) is 13.3 Å². The molecule has 0 aliphatic rings. The molecule has 0 aromatic heterocycles. The molecule has 0 saturated carbocycles. The predicted octanol–water partition coefficient (Wildman–Crippen LogP) is 3.04. The van der Waals surface area contributed by atoms with Crippen LogP contribution in [-0.2, 0) is 4.74 Å². The number of thiol groups is 1. The van der Waals surface area contributed by atoms with Gasteiger partial charge in [-0.05, 0) is 23.8 Å². The second-order valence-electron chi connectivity index (χ2n) is 3.69. The fourth-order valence-electron chi connectivity index (χ4n) is 1.28. The maximum absolute atomic E-state index is 5.53. The minimum absolute atomic E-state index is 0.556. The summed E-state index contributed by atoms with van der Waals surface area (Å²) in [6, 6.07) is 9.79. The Morgan fingerprint density at radius 1 is 1.19 bits per heavy atom. The molecule has 1 atom stereocenters. The zero-order valence-electron chi connectivity index (χ0n) is 9.76. The molecular weight excluding hydrogens is 220 g/mol. The lowest BCUT2D eigenvalue weighted by molar-refractivity contribution is 0.0783. The molecule has 1 rings (SSSR count). The van der Waals surface area contributed by atoms with Crippen LogP contribution in [0.15, 0.2) is 30.3 Å². The van der Waals surface area contributed by atoms with Gasteiger partial charge in [0, 0.05) is 0 Å². The first-order chi connectivity index (χ1) is 7.86. The van der Waals surface area contributed by atoms with Crippen molar-refractivity contribution >= 4 is 12.6 Å². The maximum atomic E-state index is 5.53. The molecule has 90 valence electrons. The highest BCUT2D eigenvalue weighted by Gasteiger charge is 2.03. The maximum Gasteiger partial charge on any atom is 0.119 e. The van der Waals surface area contributed by atoms with Crippen molar-refractivity contribution < 1.29 is 9.47 Å². The fourth-order valence-corrected chi connectivity index (χ4v) is 1.65. The van der Waals surface area contributed by atoms with Gasteiger partial charge in [0.2, 0.25) is 0 Å². The highest BCUT2D eigenvalue weighted by atomic mass is 32.1. The van der Waals surface area contributed by atoms with Crippen molar-refractivity contribution in [1.82, 2.24) is 0 Å². The van der Waals surface area contributed by atoms with E-state index in [2.05, 4.69) is 19.6 Å². The van der Waals surface area contributed by atoms with Gasteiger partial charge in [-0.2, -0.15) is 12.6 Å². The minimum atomic E-state index is 0.556. The van der Waals surface area contributed by atoms with Gasteiger partial charge in [0.1, 0.15) is 12.4 Å². The molecule has 0 radical (unpaired) electrons. The van der Waals surface area contributed by atoms with E-state index in [0.29, 0.717) is 19.1 Å². The van der Waals surface area contributed by atoms with Crippen molar-refractivity contribution in [2.75, 3.05) is 25.6 Å². The molecule has 1 aromatic rings. The quantitative estimate of drug-likeness (QED) is 0.556.